The molecule has 0 heterocycles. The summed E-state index contributed by atoms with van der Waals surface area (Å²) >= 11 is 0. The third-order valence-electron chi connectivity index (χ3n) is 1.27. The molecule has 0 saturated carbocycles. The largest absolute Gasteiger partial charge is 0.544 e. The van der Waals surface area contributed by atoms with E-state index in [4.69, 9.17) is 34.0 Å². The summed E-state index contributed by atoms with van der Waals surface area (Å²) in [6, 6.07) is 0. The van der Waals surface area contributed by atoms with Crippen LogP contribution in [-0.4, -0.2) is 35.7 Å². The van der Waals surface area contributed by atoms with Gasteiger partial charge in [-0.3, -0.25) is 0 Å². The van der Waals surface area contributed by atoms with E-state index in [0.29, 0.717) is 0 Å². The van der Waals surface area contributed by atoms with Crippen molar-refractivity contribution in [2.75, 3.05) is 0 Å². The molecular weight excluding hydrogens is 324 g/mol. The highest BCUT2D eigenvalue weighted by Crippen LogP contribution is 2.32. The van der Waals surface area contributed by atoms with Crippen LogP contribution in [0.1, 0.15) is 0 Å². The zero-order chi connectivity index (χ0) is 18.7. The van der Waals surface area contributed by atoms with E-state index < -0.39 is 23.8 Å². The maximum absolute atomic E-state index is 11.7. The highest BCUT2D eigenvalue weighted by atomic mass is 19.3. The molecule has 22 heavy (non-hydrogen) atoms. The van der Waals surface area contributed by atoms with Gasteiger partial charge >= 0.3 is 23.8 Å². The van der Waals surface area contributed by atoms with Gasteiger partial charge in [-0.25, -0.2) is 21.7 Å². The van der Waals surface area contributed by atoms with Crippen LogP contribution in [0.5, 0.6) is 0 Å². The number of quaternary nitrogens is 2. The van der Waals surface area contributed by atoms with Crippen LogP contribution in [0.3, 0.4) is 0 Å². The molecule has 0 spiro atoms. The first-order valence-electron chi connectivity index (χ1n) is 4.64. The molecular formula is C6H14F4N8O4. The molecule has 0 amide bonds. The van der Waals surface area contributed by atoms with E-state index in [0.717, 1.165) is 10.9 Å². The number of halogens is 4. The topological polar surface area (TPSA) is 265 Å². The smallest absolute Gasteiger partial charge is 0.354 e. The number of hydrogen-bond acceptors (Lipinski definition) is 8. The fourth-order valence-electron chi connectivity index (χ4n) is 0.256. The summed E-state index contributed by atoms with van der Waals surface area (Å²) in [6.45, 7) is 0. The second kappa shape index (κ2) is 10.2. The fraction of sp³-hybridized carbons (Fsp3) is 0.333. The van der Waals surface area contributed by atoms with Crippen LogP contribution in [0.15, 0.2) is 0 Å². The van der Waals surface area contributed by atoms with Gasteiger partial charge in [-0.1, -0.05) is 0 Å². The van der Waals surface area contributed by atoms with Gasteiger partial charge in [0.2, 0.25) is 0 Å². The molecule has 0 atom stereocenters. The first kappa shape index (κ1) is 24.5. The molecule has 0 rings (SSSR count). The number of hydrogen-bond donors (Lipinski definition) is 8. The van der Waals surface area contributed by atoms with E-state index in [2.05, 4.69) is 0 Å². The predicted molar refractivity (Wildman–Crippen MR) is 56.0 cm³/mol. The normalized spacial score (nSPS) is 10.3. The molecule has 16 heteroatoms. The predicted octanol–water partition coefficient (Wildman–Crippen LogP) is -7.61. The van der Waals surface area contributed by atoms with Crippen LogP contribution < -0.4 is 44.2 Å². The zero-order valence-electron chi connectivity index (χ0n) is 10.6. The van der Waals surface area contributed by atoms with E-state index in [9.17, 15) is 37.4 Å². The number of aliphatic carboxylic acids is 2. The molecule has 0 aromatic heterocycles. The first-order chi connectivity index (χ1) is 9.68. The lowest BCUT2D eigenvalue weighted by molar-refractivity contribution is -0.555. The molecule has 0 aliphatic carbocycles. The number of guanidine groups is 2. The van der Waals surface area contributed by atoms with Crippen molar-refractivity contribution in [3.05, 3.63) is 0 Å². The summed E-state index contributed by atoms with van der Waals surface area (Å²) in [5.74, 6) is -9.29. The summed E-state index contributed by atoms with van der Waals surface area (Å²) in [6.07, 6.45) is 0. The van der Waals surface area contributed by atoms with Crippen molar-refractivity contribution in [1.29, 1.82) is 10.8 Å². The maximum Gasteiger partial charge on any atom is 0.354 e. The summed E-state index contributed by atoms with van der Waals surface area (Å²) in [5.41, 5.74) is 11.4. The molecule has 0 fully saturated rings. The molecule has 0 aromatic carbocycles. The second-order valence-electron chi connectivity index (χ2n) is 2.97. The molecule has 0 aliphatic rings. The number of carboxylic acid groups (broad SMARTS) is 2. The summed E-state index contributed by atoms with van der Waals surface area (Å²) in [4.78, 5) is 18.7. The molecule has 0 aromatic rings. The maximum atomic E-state index is 11.7. The summed E-state index contributed by atoms with van der Waals surface area (Å²) in [5, 5.41) is 31.4. The summed E-state index contributed by atoms with van der Waals surface area (Å²) < 4.78 is 47.0. The quantitative estimate of drug-likeness (QED) is 0.0802. The lowest BCUT2D eigenvalue weighted by Gasteiger charge is -2.27. The average Bonchev–Trinajstić information content (AvgIpc) is 2.39. The lowest BCUT2D eigenvalue weighted by Crippen LogP contribution is -2.96. The number of nitrogens with one attached hydrogen (secondary N) is 2. The van der Waals surface area contributed by atoms with Gasteiger partial charge < -0.3 is 31.3 Å². The Kier molecular flexibility index (Phi) is 11.3. The van der Waals surface area contributed by atoms with Crippen LogP contribution in [0.4, 0.5) is 17.6 Å². The number of alkyl halides is 4. The first-order valence-corrected chi connectivity index (χ1v) is 4.64. The minimum atomic E-state index is -5.77. The van der Waals surface area contributed by atoms with Crippen LogP contribution in [0.2, 0.25) is 0 Å². The molecule has 0 aliphatic heterocycles. The van der Waals surface area contributed by atoms with Gasteiger partial charge in [-0.05, 0) is 0 Å². The summed E-state index contributed by atoms with van der Waals surface area (Å²) in [7, 11) is 0. The third kappa shape index (κ3) is 9.36. The number of nitrogens with two attached hydrogens (primary N) is 6. The van der Waals surface area contributed by atoms with Gasteiger partial charge in [0.25, 0.3) is 0 Å². The molecule has 0 bridgehead atoms. The highest BCUT2D eigenvalue weighted by Gasteiger charge is 2.58. The Morgan fingerprint density at radius 2 is 0.955 bits per heavy atom. The van der Waals surface area contributed by atoms with Crippen LogP contribution in [0, 0.1) is 10.8 Å². The van der Waals surface area contributed by atoms with Crippen molar-refractivity contribution in [3.8, 4) is 0 Å². The SMILES string of the molecule is N=C(N)[NH2+]N.N=C(N)[NH2+]N.O=C([O-])C(F)(F)C(F)(F)C(=O)[O-]. The van der Waals surface area contributed by atoms with Crippen molar-refractivity contribution in [1.82, 2.24) is 0 Å². The Bertz CT molecular complexity index is 379. The minimum Gasteiger partial charge on any atom is -0.544 e. The number of carboxylic acids is 2. The van der Waals surface area contributed by atoms with Crippen molar-refractivity contribution in [3.63, 3.8) is 0 Å². The van der Waals surface area contributed by atoms with Crippen LogP contribution >= 0.6 is 0 Å². The Balaban J connectivity index is -0.000000298. The molecule has 0 saturated heterocycles. The minimum absolute atomic E-state index is 0.0926. The Morgan fingerprint density at radius 3 is 1.00 bits per heavy atom. The monoisotopic (exact) mass is 338 g/mol. The molecule has 0 unspecified atom stereocenters. The average molecular weight is 338 g/mol. The number of carbonyl (C=O) groups excluding carboxylic acids is 2. The van der Waals surface area contributed by atoms with E-state index >= 15 is 0 Å². The van der Waals surface area contributed by atoms with Crippen LogP contribution in [0.25, 0.3) is 0 Å². The van der Waals surface area contributed by atoms with E-state index in [1.165, 1.54) is 0 Å². The van der Waals surface area contributed by atoms with Crippen molar-refractivity contribution in [2.45, 2.75) is 11.8 Å². The van der Waals surface area contributed by atoms with Gasteiger partial charge in [0.05, 0.1) is 0 Å². The molecule has 0 radical (unpaired) electrons. The van der Waals surface area contributed by atoms with Crippen molar-refractivity contribution >= 4 is 23.9 Å². The van der Waals surface area contributed by atoms with E-state index in [1.54, 1.807) is 0 Å². The second-order valence-corrected chi connectivity index (χ2v) is 2.97. The van der Waals surface area contributed by atoms with Gasteiger partial charge in [0, 0.05) is 0 Å². The third-order valence-corrected chi connectivity index (χ3v) is 1.27. The number of rotatable bonds is 3. The zero-order valence-corrected chi connectivity index (χ0v) is 10.6. The highest BCUT2D eigenvalue weighted by molar-refractivity contribution is 5.86. The Labute approximate surface area is 119 Å². The fourth-order valence-corrected chi connectivity index (χ4v) is 0.256. The standard InChI is InChI=1S/C4H2F4O4.2CH6N4/c5-3(6,1(9)10)4(7,8)2(11)12;2*2-1(3)5-4/h(H,9,10)(H,11,12);2*4H2,(H4,2,3,5). The Morgan fingerprint density at radius 1 is 0.818 bits per heavy atom. The van der Waals surface area contributed by atoms with Gasteiger partial charge in [-0.15, -0.1) is 0 Å². The van der Waals surface area contributed by atoms with Gasteiger partial charge in [0.1, 0.15) is 11.9 Å². The lowest BCUT2D eigenvalue weighted by atomic mass is 10.2. The van der Waals surface area contributed by atoms with Crippen molar-refractivity contribution in [2.24, 2.45) is 23.2 Å². The van der Waals surface area contributed by atoms with Gasteiger partial charge in [-0.2, -0.15) is 29.2 Å². The van der Waals surface area contributed by atoms with Crippen LogP contribution in [-0.2, 0) is 9.59 Å². The van der Waals surface area contributed by atoms with E-state index in [-0.39, 0.29) is 11.9 Å². The molecule has 14 N–H and O–H groups in total. The Hall–Kier alpha value is -2.56. The van der Waals surface area contributed by atoms with E-state index in [1.807, 2.05) is 0 Å². The van der Waals surface area contributed by atoms with Gasteiger partial charge in [0.15, 0.2) is 0 Å². The van der Waals surface area contributed by atoms with Crippen molar-refractivity contribution < 1.29 is 48.2 Å². The molecule has 130 valence electrons. The molecule has 12 nitrogen and oxygen atoms in total. The number of carbonyl (C=O) groups is 2.